The molecule has 0 amide bonds. The van der Waals surface area contributed by atoms with E-state index in [4.69, 9.17) is 9.47 Å². The van der Waals surface area contributed by atoms with Crippen LogP contribution >= 0.6 is 0 Å². The molecule has 3 rings (SSSR count). The molecule has 2 aliphatic heterocycles. The molecule has 1 aromatic rings. The number of nitrogens with zero attached hydrogens (tertiary/aromatic N) is 2. The number of aliphatic hydroxyl groups is 1. The van der Waals surface area contributed by atoms with Crippen molar-refractivity contribution in [1.29, 1.82) is 0 Å². The monoisotopic (exact) mass is 292 g/mol. The fraction of sp³-hybridized carbons (Fsp3) is 0.688. The van der Waals surface area contributed by atoms with Crippen LogP contribution in [0.3, 0.4) is 0 Å². The van der Waals surface area contributed by atoms with E-state index < -0.39 is 6.10 Å². The number of likely N-dealkylation sites (tertiary alicyclic amines) is 1. The Labute approximate surface area is 125 Å². The highest BCUT2D eigenvalue weighted by molar-refractivity contribution is 5.20. The minimum absolute atomic E-state index is 0.127. The molecule has 21 heavy (non-hydrogen) atoms. The Kier molecular flexibility index (Phi) is 4.73. The van der Waals surface area contributed by atoms with E-state index in [0.717, 1.165) is 25.2 Å². The fourth-order valence-corrected chi connectivity index (χ4v) is 2.89. The smallest absolute Gasteiger partial charge is 0.213 e. The summed E-state index contributed by atoms with van der Waals surface area (Å²) in [5.41, 5.74) is 0.860. The molecule has 0 aliphatic carbocycles. The highest BCUT2D eigenvalue weighted by atomic mass is 16.6. The molecule has 5 heteroatoms. The Morgan fingerprint density at radius 2 is 2.14 bits per heavy atom. The molecule has 3 heterocycles. The lowest BCUT2D eigenvalue weighted by atomic mass is 9.98. The van der Waals surface area contributed by atoms with E-state index in [1.165, 1.54) is 12.8 Å². The van der Waals surface area contributed by atoms with Gasteiger partial charge in [0, 0.05) is 18.8 Å². The molecule has 5 nitrogen and oxygen atoms in total. The number of rotatable bonds is 6. The van der Waals surface area contributed by atoms with Crippen LogP contribution in [-0.2, 0) is 4.74 Å². The molecule has 0 aromatic carbocycles. The van der Waals surface area contributed by atoms with E-state index in [0.29, 0.717) is 19.1 Å². The van der Waals surface area contributed by atoms with Gasteiger partial charge in [-0.05, 0) is 43.5 Å². The molecular formula is C16H24N2O3. The maximum atomic E-state index is 10.5. The first-order chi connectivity index (χ1) is 10.2. The van der Waals surface area contributed by atoms with Crippen LogP contribution < -0.4 is 4.74 Å². The number of hydrogen-bond acceptors (Lipinski definition) is 5. The summed E-state index contributed by atoms with van der Waals surface area (Å²) in [5.74, 6) is 0.808. The summed E-state index contributed by atoms with van der Waals surface area (Å²) in [6.45, 7) is 6.63. The van der Waals surface area contributed by atoms with Gasteiger partial charge in [-0.3, -0.25) is 0 Å². The minimum Gasteiger partial charge on any atom is -0.469 e. The Morgan fingerprint density at radius 3 is 2.71 bits per heavy atom. The van der Waals surface area contributed by atoms with Crippen molar-refractivity contribution < 1.29 is 14.6 Å². The highest BCUT2D eigenvalue weighted by Crippen LogP contribution is 2.25. The fourth-order valence-electron chi connectivity index (χ4n) is 2.89. The molecular weight excluding hydrogens is 268 g/mol. The van der Waals surface area contributed by atoms with Crippen LogP contribution in [0.1, 0.15) is 31.4 Å². The zero-order chi connectivity index (χ0) is 14.7. The van der Waals surface area contributed by atoms with E-state index in [2.05, 4.69) is 16.8 Å². The van der Waals surface area contributed by atoms with Gasteiger partial charge in [0.2, 0.25) is 5.88 Å². The normalized spacial score (nSPS) is 22.8. The van der Waals surface area contributed by atoms with Crippen LogP contribution in [0.4, 0.5) is 0 Å². The van der Waals surface area contributed by atoms with Gasteiger partial charge < -0.3 is 19.5 Å². The molecule has 0 bridgehead atoms. The largest absolute Gasteiger partial charge is 0.469 e. The van der Waals surface area contributed by atoms with Crippen LogP contribution in [0.25, 0.3) is 0 Å². The van der Waals surface area contributed by atoms with Gasteiger partial charge in [-0.2, -0.15) is 0 Å². The maximum Gasteiger partial charge on any atom is 0.213 e. The number of ether oxygens (including phenoxy) is 2. The predicted molar refractivity (Wildman–Crippen MR) is 79.3 cm³/mol. The SMILES string of the molecule is C[C@H](CN1CCCC1)C(O)c1ccc(OC2COC2)nc1. The van der Waals surface area contributed by atoms with Crippen molar-refractivity contribution in [2.24, 2.45) is 5.92 Å². The Hall–Kier alpha value is -1.17. The first-order valence-electron chi connectivity index (χ1n) is 7.83. The maximum absolute atomic E-state index is 10.5. The topological polar surface area (TPSA) is 54.8 Å². The van der Waals surface area contributed by atoms with Crippen LogP contribution in [-0.4, -0.2) is 53.9 Å². The summed E-state index contributed by atoms with van der Waals surface area (Å²) in [6, 6.07) is 3.74. The summed E-state index contributed by atoms with van der Waals surface area (Å²) in [4.78, 5) is 6.71. The highest BCUT2D eigenvalue weighted by Gasteiger charge is 2.23. The molecule has 116 valence electrons. The summed E-state index contributed by atoms with van der Waals surface area (Å²) < 4.78 is 10.7. The summed E-state index contributed by atoms with van der Waals surface area (Å²) in [7, 11) is 0. The Bertz CT molecular complexity index is 441. The number of aromatic nitrogens is 1. The van der Waals surface area contributed by atoms with Gasteiger partial charge in [0.25, 0.3) is 0 Å². The quantitative estimate of drug-likeness (QED) is 0.863. The van der Waals surface area contributed by atoms with Crippen molar-refractivity contribution in [2.45, 2.75) is 32.0 Å². The summed E-state index contributed by atoms with van der Waals surface area (Å²) >= 11 is 0. The van der Waals surface area contributed by atoms with Crippen molar-refractivity contribution in [3.63, 3.8) is 0 Å². The van der Waals surface area contributed by atoms with Crippen LogP contribution in [0.2, 0.25) is 0 Å². The van der Waals surface area contributed by atoms with E-state index in [1.807, 2.05) is 12.1 Å². The second-order valence-corrected chi connectivity index (χ2v) is 6.14. The average molecular weight is 292 g/mol. The zero-order valence-electron chi connectivity index (χ0n) is 12.6. The third-order valence-electron chi connectivity index (χ3n) is 4.28. The number of pyridine rings is 1. The lowest BCUT2D eigenvalue weighted by Gasteiger charge is -2.26. The average Bonchev–Trinajstić information content (AvgIpc) is 2.95. The van der Waals surface area contributed by atoms with Crippen molar-refractivity contribution in [1.82, 2.24) is 9.88 Å². The summed E-state index contributed by atoms with van der Waals surface area (Å²) in [6.07, 6.45) is 3.93. The molecule has 2 aliphatic rings. The molecule has 2 saturated heterocycles. The molecule has 0 spiro atoms. The van der Waals surface area contributed by atoms with Gasteiger partial charge in [0.05, 0.1) is 19.3 Å². The summed E-state index contributed by atoms with van der Waals surface area (Å²) in [5, 5.41) is 10.5. The minimum atomic E-state index is -0.473. The van der Waals surface area contributed by atoms with Gasteiger partial charge in [-0.25, -0.2) is 4.98 Å². The van der Waals surface area contributed by atoms with E-state index in [1.54, 1.807) is 6.20 Å². The number of hydrogen-bond donors (Lipinski definition) is 1. The Balaban J connectivity index is 1.54. The van der Waals surface area contributed by atoms with Crippen molar-refractivity contribution >= 4 is 0 Å². The first-order valence-corrected chi connectivity index (χ1v) is 7.83. The third kappa shape index (κ3) is 3.73. The molecule has 1 aromatic heterocycles. The zero-order valence-corrected chi connectivity index (χ0v) is 12.6. The van der Waals surface area contributed by atoms with E-state index >= 15 is 0 Å². The van der Waals surface area contributed by atoms with Gasteiger partial charge >= 0.3 is 0 Å². The lowest BCUT2D eigenvalue weighted by molar-refractivity contribution is -0.0813. The Morgan fingerprint density at radius 1 is 1.38 bits per heavy atom. The predicted octanol–water partition coefficient (Wildman–Crippen LogP) is 1.62. The molecule has 1 unspecified atom stereocenters. The molecule has 0 radical (unpaired) electrons. The van der Waals surface area contributed by atoms with Crippen LogP contribution in [0, 0.1) is 5.92 Å². The molecule has 2 atom stereocenters. The lowest BCUT2D eigenvalue weighted by Crippen LogP contribution is -2.38. The first kappa shape index (κ1) is 14.8. The van der Waals surface area contributed by atoms with Crippen molar-refractivity contribution in [2.75, 3.05) is 32.8 Å². The van der Waals surface area contributed by atoms with Crippen LogP contribution in [0.15, 0.2) is 18.3 Å². The van der Waals surface area contributed by atoms with Gasteiger partial charge in [-0.1, -0.05) is 6.92 Å². The van der Waals surface area contributed by atoms with Crippen molar-refractivity contribution in [3.8, 4) is 5.88 Å². The second-order valence-electron chi connectivity index (χ2n) is 6.14. The van der Waals surface area contributed by atoms with Gasteiger partial charge in [-0.15, -0.1) is 0 Å². The third-order valence-corrected chi connectivity index (χ3v) is 4.28. The molecule has 2 fully saturated rings. The standard InChI is InChI=1S/C16H24N2O3/c1-12(9-18-6-2-3-7-18)16(19)13-4-5-15(17-8-13)21-14-10-20-11-14/h4-5,8,12,14,16,19H,2-3,6-7,9-11H2,1H3/t12-,16?/m1/s1. The molecule has 1 N–H and O–H groups in total. The molecule has 0 saturated carbocycles. The van der Waals surface area contributed by atoms with Crippen LogP contribution in [0.5, 0.6) is 5.88 Å². The van der Waals surface area contributed by atoms with E-state index in [9.17, 15) is 5.11 Å². The van der Waals surface area contributed by atoms with Crippen molar-refractivity contribution in [3.05, 3.63) is 23.9 Å². The second kappa shape index (κ2) is 6.73. The van der Waals surface area contributed by atoms with Gasteiger partial charge in [0.1, 0.15) is 6.10 Å². The number of aliphatic hydroxyl groups excluding tert-OH is 1. The van der Waals surface area contributed by atoms with E-state index in [-0.39, 0.29) is 12.0 Å². The van der Waals surface area contributed by atoms with Gasteiger partial charge in [0.15, 0.2) is 0 Å².